The van der Waals surface area contributed by atoms with Crippen molar-refractivity contribution < 1.29 is 24.2 Å². The van der Waals surface area contributed by atoms with Crippen LogP contribution in [-0.2, 0) is 14.3 Å². The molecule has 1 heterocycles. The summed E-state index contributed by atoms with van der Waals surface area (Å²) in [4.78, 5) is 33.7. The third-order valence-electron chi connectivity index (χ3n) is 2.97. The lowest BCUT2D eigenvalue weighted by molar-refractivity contribution is -0.133. The van der Waals surface area contributed by atoms with Gasteiger partial charge in [-0.05, 0) is 26.7 Å². The van der Waals surface area contributed by atoms with E-state index in [1.54, 1.807) is 0 Å². The Labute approximate surface area is 111 Å². The Balaban J connectivity index is 2.41. The number of ether oxygens (including phenoxy) is 1. The van der Waals surface area contributed by atoms with Gasteiger partial charge in [0.2, 0.25) is 0 Å². The van der Waals surface area contributed by atoms with Gasteiger partial charge in [-0.2, -0.15) is 0 Å². The van der Waals surface area contributed by atoms with Gasteiger partial charge in [0.1, 0.15) is 0 Å². The molecule has 0 spiro atoms. The highest BCUT2D eigenvalue weighted by Gasteiger charge is 2.18. The van der Waals surface area contributed by atoms with Crippen LogP contribution >= 0.6 is 0 Å². The lowest BCUT2D eigenvalue weighted by atomic mass is 10.1. The van der Waals surface area contributed by atoms with E-state index >= 15 is 0 Å². The van der Waals surface area contributed by atoms with Crippen LogP contribution in [0.3, 0.4) is 0 Å². The molecule has 1 fully saturated rings. The first-order chi connectivity index (χ1) is 8.91. The molecular formula is C12H18N2O5. The number of carbonyl (C=O) groups excluding carboxylic acids is 2. The van der Waals surface area contributed by atoms with E-state index in [-0.39, 0.29) is 17.3 Å². The summed E-state index contributed by atoms with van der Waals surface area (Å²) in [6, 6.07) is -0.655. The lowest BCUT2D eigenvalue weighted by Gasteiger charge is -2.11. The summed E-state index contributed by atoms with van der Waals surface area (Å²) < 4.78 is 5.31. The highest BCUT2D eigenvalue weighted by molar-refractivity contribution is 6.07. The predicted molar refractivity (Wildman–Crippen MR) is 66.5 cm³/mol. The summed E-state index contributed by atoms with van der Waals surface area (Å²) in [6.07, 6.45) is 1.83. The van der Waals surface area contributed by atoms with Crippen LogP contribution in [-0.4, -0.2) is 42.3 Å². The number of nitrogens with one attached hydrogen (secondary N) is 2. The molecule has 0 saturated carbocycles. The molecule has 0 aromatic rings. The molecular weight excluding hydrogens is 252 g/mol. The Bertz CT molecular complexity index is 410. The van der Waals surface area contributed by atoms with Crippen molar-refractivity contribution in [3.63, 3.8) is 0 Å². The highest BCUT2D eigenvalue weighted by Crippen LogP contribution is 2.10. The molecule has 0 aliphatic carbocycles. The van der Waals surface area contributed by atoms with Gasteiger partial charge in [-0.3, -0.25) is 10.1 Å². The third-order valence-corrected chi connectivity index (χ3v) is 2.97. The van der Waals surface area contributed by atoms with E-state index in [4.69, 9.17) is 9.84 Å². The van der Waals surface area contributed by atoms with Crippen molar-refractivity contribution in [3.05, 3.63) is 11.1 Å². The maximum atomic E-state index is 11.6. The van der Waals surface area contributed by atoms with Gasteiger partial charge in [-0.1, -0.05) is 0 Å². The second-order valence-corrected chi connectivity index (χ2v) is 4.35. The maximum Gasteiger partial charge on any atom is 0.331 e. The zero-order valence-electron chi connectivity index (χ0n) is 11.0. The molecule has 7 nitrogen and oxygen atoms in total. The number of hydrogen-bond acceptors (Lipinski definition) is 4. The molecule has 0 radical (unpaired) electrons. The van der Waals surface area contributed by atoms with Crippen molar-refractivity contribution >= 4 is 17.9 Å². The van der Waals surface area contributed by atoms with Crippen LogP contribution in [0.15, 0.2) is 11.1 Å². The molecule has 1 aliphatic heterocycles. The molecule has 7 heteroatoms. The minimum Gasteiger partial charge on any atom is -0.478 e. The minimum atomic E-state index is -1.19. The Morgan fingerprint density at radius 3 is 2.47 bits per heavy atom. The van der Waals surface area contributed by atoms with E-state index in [9.17, 15) is 14.4 Å². The molecule has 1 saturated heterocycles. The summed E-state index contributed by atoms with van der Waals surface area (Å²) in [5, 5.41) is 13.3. The van der Waals surface area contributed by atoms with Gasteiger partial charge in [0.05, 0.1) is 6.10 Å². The quantitative estimate of drug-likeness (QED) is 0.642. The number of amides is 3. The minimum absolute atomic E-state index is 0.000216. The molecule has 106 valence electrons. The van der Waals surface area contributed by atoms with Crippen LogP contribution in [0.4, 0.5) is 4.79 Å². The molecule has 3 amide bonds. The second-order valence-electron chi connectivity index (χ2n) is 4.35. The van der Waals surface area contributed by atoms with Crippen LogP contribution in [0, 0.1) is 0 Å². The fraction of sp³-hybridized carbons (Fsp3) is 0.583. The van der Waals surface area contributed by atoms with Gasteiger partial charge < -0.3 is 15.2 Å². The smallest absolute Gasteiger partial charge is 0.331 e. The van der Waals surface area contributed by atoms with E-state index in [1.165, 1.54) is 13.8 Å². The first kappa shape index (κ1) is 15.2. The first-order valence-electron chi connectivity index (χ1n) is 6.03. The molecule has 3 N–H and O–H groups in total. The lowest BCUT2D eigenvalue weighted by Crippen LogP contribution is -2.43. The summed E-state index contributed by atoms with van der Waals surface area (Å²) in [5.41, 5.74) is -0.0933. The third kappa shape index (κ3) is 4.70. The zero-order chi connectivity index (χ0) is 14.4. The number of carboxylic acids is 1. The SMILES string of the molecule is CC(C(=O)O)=C(C)C(=O)NC(=O)NCC1CCCO1. The number of urea groups is 1. The molecule has 0 bridgehead atoms. The van der Waals surface area contributed by atoms with Gasteiger partial charge in [0.25, 0.3) is 5.91 Å². The van der Waals surface area contributed by atoms with Crippen molar-refractivity contribution in [2.24, 2.45) is 0 Å². The van der Waals surface area contributed by atoms with Gasteiger partial charge in [0, 0.05) is 24.3 Å². The number of hydrogen-bond donors (Lipinski definition) is 3. The fourth-order valence-electron chi connectivity index (χ4n) is 1.58. The summed E-state index contributed by atoms with van der Waals surface area (Å²) >= 11 is 0. The Morgan fingerprint density at radius 2 is 1.95 bits per heavy atom. The molecule has 1 rings (SSSR count). The van der Waals surface area contributed by atoms with Crippen LogP contribution < -0.4 is 10.6 Å². The Kier molecular flexibility index (Phi) is 5.50. The summed E-state index contributed by atoms with van der Waals surface area (Å²) in [7, 11) is 0. The van der Waals surface area contributed by atoms with Crippen LogP contribution in [0.5, 0.6) is 0 Å². The Morgan fingerprint density at radius 1 is 1.26 bits per heavy atom. The Hall–Kier alpha value is -1.89. The number of rotatable bonds is 4. The number of imide groups is 1. The van der Waals surface area contributed by atoms with E-state index in [0.717, 1.165) is 12.8 Å². The average molecular weight is 270 g/mol. The molecule has 0 aromatic carbocycles. The van der Waals surface area contributed by atoms with Gasteiger partial charge in [-0.15, -0.1) is 0 Å². The van der Waals surface area contributed by atoms with Crippen molar-refractivity contribution in [1.29, 1.82) is 0 Å². The summed E-state index contributed by atoms with van der Waals surface area (Å²) in [6.45, 7) is 3.68. The number of carbonyl (C=O) groups is 3. The standard InChI is InChI=1S/C12H18N2O5/c1-7(8(2)11(16)17)10(15)14-12(18)13-6-9-4-3-5-19-9/h9H,3-6H2,1-2H3,(H,16,17)(H2,13,14,15,18). The number of aliphatic carboxylic acids is 1. The largest absolute Gasteiger partial charge is 0.478 e. The monoisotopic (exact) mass is 270 g/mol. The van der Waals surface area contributed by atoms with Gasteiger partial charge in [0.15, 0.2) is 0 Å². The van der Waals surface area contributed by atoms with Crippen molar-refractivity contribution in [3.8, 4) is 0 Å². The molecule has 1 unspecified atom stereocenters. The van der Waals surface area contributed by atoms with Crippen molar-refractivity contribution in [1.82, 2.24) is 10.6 Å². The van der Waals surface area contributed by atoms with E-state index < -0.39 is 17.9 Å². The van der Waals surface area contributed by atoms with Crippen molar-refractivity contribution in [2.75, 3.05) is 13.2 Å². The highest BCUT2D eigenvalue weighted by atomic mass is 16.5. The zero-order valence-corrected chi connectivity index (χ0v) is 11.0. The predicted octanol–water partition coefficient (Wildman–Crippen LogP) is 0.412. The topological polar surface area (TPSA) is 105 Å². The normalized spacial score (nSPS) is 19.6. The van der Waals surface area contributed by atoms with E-state index in [1.807, 2.05) is 0 Å². The van der Waals surface area contributed by atoms with Crippen LogP contribution in [0.25, 0.3) is 0 Å². The molecule has 1 atom stereocenters. The maximum absolute atomic E-state index is 11.6. The summed E-state index contributed by atoms with van der Waals surface area (Å²) in [5.74, 6) is -1.91. The van der Waals surface area contributed by atoms with Crippen LogP contribution in [0.1, 0.15) is 26.7 Å². The van der Waals surface area contributed by atoms with Crippen LogP contribution in [0.2, 0.25) is 0 Å². The van der Waals surface area contributed by atoms with E-state index in [0.29, 0.717) is 13.2 Å². The van der Waals surface area contributed by atoms with Crippen molar-refractivity contribution in [2.45, 2.75) is 32.8 Å². The van der Waals surface area contributed by atoms with Gasteiger partial charge >= 0.3 is 12.0 Å². The van der Waals surface area contributed by atoms with E-state index in [2.05, 4.69) is 10.6 Å². The fourth-order valence-corrected chi connectivity index (χ4v) is 1.58. The number of carboxylic acid groups (broad SMARTS) is 1. The average Bonchev–Trinajstić information content (AvgIpc) is 2.87. The first-order valence-corrected chi connectivity index (χ1v) is 6.03. The molecule has 19 heavy (non-hydrogen) atoms. The molecule has 1 aliphatic rings. The molecule has 0 aromatic heterocycles. The second kappa shape index (κ2) is 6.89. The van der Waals surface area contributed by atoms with Gasteiger partial charge in [-0.25, -0.2) is 9.59 Å².